The summed E-state index contributed by atoms with van der Waals surface area (Å²) in [6.07, 6.45) is 0.310. The average Bonchev–Trinajstić information content (AvgIpc) is 2.05. The summed E-state index contributed by atoms with van der Waals surface area (Å²) >= 11 is 3.37. The van der Waals surface area contributed by atoms with E-state index in [1.807, 2.05) is 30.3 Å². The molecule has 1 aromatic carbocycles. The lowest BCUT2D eigenvalue weighted by Gasteiger charge is -2.08. The van der Waals surface area contributed by atoms with Gasteiger partial charge in [-0.2, -0.15) is 0 Å². The fourth-order valence-electron chi connectivity index (χ4n) is 0.983. The van der Waals surface area contributed by atoms with Crippen molar-refractivity contribution < 1.29 is 10.0 Å². The summed E-state index contributed by atoms with van der Waals surface area (Å²) in [4.78, 5) is 0.0127. The quantitative estimate of drug-likeness (QED) is 0.610. The van der Waals surface area contributed by atoms with Crippen LogP contribution >= 0.6 is 15.9 Å². The van der Waals surface area contributed by atoms with Crippen molar-refractivity contribution in [3.8, 4) is 0 Å². The van der Waals surface area contributed by atoms with Crippen molar-refractivity contribution in [2.24, 2.45) is 0 Å². The molecule has 12 heavy (non-hydrogen) atoms. The van der Waals surface area contributed by atoms with E-state index in [9.17, 15) is 0 Å². The summed E-state index contributed by atoms with van der Waals surface area (Å²) in [5, 5.41) is 17.4. The summed E-state index contributed by atoms with van der Waals surface area (Å²) in [6.45, 7) is 0. The lowest BCUT2D eigenvalue weighted by molar-refractivity contribution is 0.405. The van der Waals surface area contributed by atoms with Crippen LogP contribution in [0.1, 0.15) is 10.4 Å². The van der Waals surface area contributed by atoms with Gasteiger partial charge >= 0.3 is 7.12 Å². The Morgan fingerprint density at radius 3 is 2.33 bits per heavy atom. The van der Waals surface area contributed by atoms with Gasteiger partial charge in [0, 0.05) is 4.83 Å². The molecule has 0 aliphatic carbocycles. The molecule has 0 saturated heterocycles. The molecule has 1 aromatic rings. The predicted octanol–water partition coefficient (Wildman–Crippen LogP) is 1.60. The van der Waals surface area contributed by atoms with Gasteiger partial charge in [0.1, 0.15) is 0 Å². The van der Waals surface area contributed by atoms with Gasteiger partial charge in [0.15, 0.2) is 0 Å². The largest absolute Gasteiger partial charge is 0.452 e. The van der Waals surface area contributed by atoms with E-state index in [0.717, 1.165) is 5.56 Å². The van der Waals surface area contributed by atoms with Crippen LogP contribution in [0.4, 0.5) is 0 Å². The van der Waals surface area contributed by atoms with E-state index in [4.69, 9.17) is 10.0 Å². The van der Waals surface area contributed by atoms with Gasteiger partial charge in [-0.1, -0.05) is 46.3 Å². The maximum absolute atomic E-state index is 8.71. The van der Waals surface area contributed by atoms with E-state index < -0.39 is 7.12 Å². The van der Waals surface area contributed by atoms with E-state index >= 15 is 0 Å². The topological polar surface area (TPSA) is 40.5 Å². The Bertz CT molecular complexity index is 228. The molecular weight excluding hydrogens is 219 g/mol. The summed E-state index contributed by atoms with van der Waals surface area (Å²) < 4.78 is 0. The van der Waals surface area contributed by atoms with Gasteiger partial charge in [-0.3, -0.25) is 0 Å². The second-order valence-corrected chi connectivity index (χ2v) is 3.70. The summed E-state index contributed by atoms with van der Waals surface area (Å²) in [5.74, 6) is 0. The molecule has 1 unspecified atom stereocenters. The van der Waals surface area contributed by atoms with Gasteiger partial charge in [0.05, 0.1) is 0 Å². The van der Waals surface area contributed by atoms with Crippen molar-refractivity contribution in [1.29, 1.82) is 0 Å². The first-order valence-corrected chi connectivity index (χ1v) is 4.67. The fraction of sp³-hybridized carbons (Fsp3) is 0.250. The molecule has 64 valence electrons. The molecule has 1 atom stereocenters. The summed E-state index contributed by atoms with van der Waals surface area (Å²) in [5.41, 5.74) is 1.06. The molecule has 0 heterocycles. The first kappa shape index (κ1) is 9.77. The molecule has 0 spiro atoms. The minimum absolute atomic E-state index is 0.0127. The molecule has 0 aromatic heterocycles. The summed E-state index contributed by atoms with van der Waals surface area (Å²) in [6, 6.07) is 9.67. The minimum atomic E-state index is -1.26. The Morgan fingerprint density at radius 1 is 1.25 bits per heavy atom. The highest BCUT2D eigenvalue weighted by atomic mass is 79.9. The fourth-order valence-corrected chi connectivity index (χ4v) is 1.62. The van der Waals surface area contributed by atoms with Crippen LogP contribution in [-0.2, 0) is 0 Å². The Labute approximate surface area is 80.5 Å². The van der Waals surface area contributed by atoms with Crippen molar-refractivity contribution in [3.05, 3.63) is 35.9 Å². The van der Waals surface area contributed by atoms with E-state index in [-0.39, 0.29) is 4.83 Å². The molecule has 1 rings (SSSR count). The van der Waals surface area contributed by atoms with Crippen LogP contribution < -0.4 is 0 Å². The number of alkyl halides is 1. The standard InChI is InChI=1S/C8H10BBrO2/c10-8(6-9(11)12)7-4-2-1-3-5-7/h1-5,8,11-12H,6H2. The van der Waals surface area contributed by atoms with Crippen molar-refractivity contribution in [2.75, 3.05) is 0 Å². The van der Waals surface area contributed by atoms with Crippen LogP contribution in [0.15, 0.2) is 30.3 Å². The van der Waals surface area contributed by atoms with Crippen molar-refractivity contribution in [1.82, 2.24) is 0 Å². The zero-order valence-corrected chi connectivity index (χ0v) is 8.11. The van der Waals surface area contributed by atoms with E-state index in [0.29, 0.717) is 6.32 Å². The van der Waals surface area contributed by atoms with Crippen LogP contribution in [-0.4, -0.2) is 17.2 Å². The number of hydrogen-bond acceptors (Lipinski definition) is 2. The lowest BCUT2D eigenvalue weighted by atomic mass is 9.83. The van der Waals surface area contributed by atoms with Crippen LogP contribution in [0.25, 0.3) is 0 Å². The third kappa shape index (κ3) is 2.97. The Kier molecular flexibility index (Phi) is 3.78. The van der Waals surface area contributed by atoms with Crippen LogP contribution in [0, 0.1) is 0 Å². The van der Waals surface area contributed by atoms with Crippen LogP contribution in [0.5, 0.6) is 0 Å². The second kappa shape index (κ2) is 4.65. The van der Waals surface area contributed by atoms with E-state index in [1.165, 1.54) is 0 Å². The smallest absolute Gasteiger partial charge is 0.427 e. The Balaban J connectivity index is 2.59. The van der Waals surface area contributed by atoms with Gasteiger partial charge in [0.2, 0.25) is 0 Å². The highest BCUT2D eigenvalue weighted by Crippen LogP contribution is 2.26. The van der Waals surface area contributed by atoms with E-state index in [1.54, 1.807) is 0 Å². The highest BCUT2D eigenvalue weighted by molar-refractivity contribution is 9.09. The van der Waals surface area contributed by atoms with Gasteiger partial charge in [-0.25, -0.2) is 0 Å². The first-order chi connectivity index (χ1) is 5.70. The third-order valence-corrected chi connectivity index (χ3v) is 2.48. The zero-order chi connectivity index (χ0) is 8.97. The molecule has 0 radical (unpaired) electrons. The molecule has 0 amide bonds. The molecule has 0 aliphatic rings. The molecule has 0 fully saturated rings. The van der Waals surface area contributed by atoms with E-state index in [2.05, 4.69) is 15.9 Å². The van der Waals surface area contributed by atoms with Gasteiger partial charge in [-0.05, 0) is 11.9 Å². The SMILES string of the molecule is OB(O)CC(Br)c1ccccc1. The normalized spacial score (nSPS) is 12.6. The van der Waals surface area contributed by atoms with Crippen molar-refractivity contribution >= 4 is 23.0 Å². The molecule has 0 saturated carbocycles. The van der Waals surface area contributed by atoms with Crippen LogP contribution in [0.2, 0.25) is 6.32 Å². The molecule has 2 N–H and O–H groups in total. The Morgan fingerprint density at radius 2 is 1.83 bits per heavy atom. The van der Waals surface area contributed by atoms with Gasteiger partial charge in [0.25, 0.3) is 0 Å². The number of halogens is 1. The van der Waals surface area contributed by atoms with Gasteiger partial charge in [-0.15, -0.1) is 0 Å². The van der Waals surface area contributed by atoms with Crippen molar-refractivity contribution in [2.45, 2.75) is 11.1 Å². The van der Waals surface area contributed by atoms with Crippen molar-refractivity contribution in [3.63, 3.8) is 0 Å². The molecular formula is C8H10BBrO2. The lowest BCUT2D eigenvalue weighted by Crippen LogP contribution is -2.12. The highest BCUT2D eigenvalue weighted by Gasteiger charge is 2.15. The maximum atomic E-state index is 8.71. The molecule has 0 aliphatic heterocycles. The first-order valence-electron chi connectivity index (χ1n) is 3.75. The van der Waals surface area contributed by atoms with Crippen LogP contribution in [0.3, 0.4) is 0 Å². The number of rotatable bonds is 3. The maximum Gasteiger partial charge on any atom is 0.452 e. The third-order valence-electron chi connectivity index (χ3n) is 1.58. The number of benzene rings is 1. The average molecular weight is 229 g/mol. The molecule has 2 nitrogen and oxygen atoms in total. The molecule has 0 bridgehead atoms. The van der Waals surface area contributed by atoms with Gasteiger partial charge < -0.3 is 10.0 Å². The number of hydrogen-bond donors (Lipinski definition) is 2. The second-order valence-electron chi connectivity index (χ2n) is 2.59. The minimum Gasteiger partial charge on any atom is -0.427 e. The summed E-state index contributed by atoms with van der Waals surface area (Å²) in [7, 11) is -1.26. The molecule has 4 heteroatoms. The zero-order valence-electron chi connectivity index (χ0n) is 6.52. The monoisotopic (exact) mass is 228 g/mol. The Hall–Kier alpha value is -0.315. The predicted molar refractivity (Wildman–Crippen MR) is 53.1 cm³/mol.